The second-order valence-electron chi connectivity index (χ2n) is 3.58. The first-order valence-corrected chi connectivity index (χ1v) is 4.87. The summed E-state index contributed by atoms with van der Waals surface area (Å²) in [6.45, 7) is -0.386. The number of carbonyl (C=O) groups excluding carboxylic acids is 3. The number of nitrogen functional groups attached to an aromatic ring is 1. The lowest BCUT2D eigenvalue weighted by Crippen LogP contribution is -2.35. The maximum absolute atomic E-state index is 11.9. The Morgan fingerprint density at radius 1 is 1.29 bits per heavy atom. The molecule has 0 bridgehead atoms. The van der Waals surface area contributed by atoms with Crippen molar-refractivity contribution in [2.75, 3.05) is 19.4 Å². The average Bonchev–Trinajstić information content (AvgIpc) is 2.54. The quantitative estimate of drug-likeness (QED) is 0.443. The summed E-state index contributed by atoms with van der Waals surface area (Å²) < 4.78 is 4.42. The fraction of sp³-hybridized carbons (Fsp3) is 0.182. The zero-order valence-corrected chi connectivity index (χ0v) is 9.10. The van der Waals surface area contributed by atoms with Gasteiger partial charge in [0.1, 0.15) is 6.54 Å². The Balaban J connectivity index is 2.35. The van der Waals surface area contributed by atoms with E-state index in [1.807, 2.05) is 0 Å². The Hall–Kier alpha value is -2.37. The number of ether oxygens (including phenoxy) is 1. The minimum atomic E-state index is -0.646. The van der Waals surface area contributed by atoms with Gasteiger partial charge >= 0.3 is 5.97 Å². The number of nitrogens with two attached hydrogens (primary N) is 1. The third-order valence-electron chi connectivity index (χ3n) is 2.51. The summed E-state index contributed by atoms with van der Waals surface area (Å²) >= 11 is 0. The second kappa shape index (κ2) is 3.89. The number of esters is 1. The molecule has 0 radical (unpaired) electrons. The predicted molar refractivity (Wildman–Crippen MR) is 58.2 cm³/mol. The summed E-state index contributed by atoms with van der Waals surface area (Å²) in [6, 6.07) is 4.43. The van der Waals surface area contributed by atoms with Crippen LogP contribution < -0.4 is 5.73 Å². The second-order valence-corrected chi connectivity index (χ2v) is 3.58. The van der Waals surface area contributed by atoms with Gasteiger partial charge in [-0.05, 0) is 18.2 Å². The molecule has 2 amide bonds. The normalized spacial score (nSPS) is 13.8. The summed E-state index contributed by atoms with van der Waals surface area (Å²) in [5.74, 6) is -1.68. The van der Waals surface area contributed by atoms with Gasteiger partial charge in [-0.25, -0.2) is 0 Å². The van der Waals surface area contributed by atoms with Crippen LogP contribution in [0.2, 0.25) is 0 Å². The van der Waals surface area contributed by atoms with Crippen molar-refractivity contribution < 1.29 is 19.1 Å². The zero-order chi connectivity index (χ0) is 12.6. The largest absolute Gasteiger partial charge is 0.468 e. The van der Waals surface area contributed by atoms with Crippen LogP contribution in [0, 0.1) is 0 Å². The van der Waals surface area contributed by atoms with Crippen molar-refractivity contribution in [3.8, 4) is 0 Å². The van der Waals surface area contributed by atoms with E-state index in [-0.39, 0.29) is 17.7 Å². The van der Waals surface area contributed by atoms with Crippen LogP contribution in [0.15, 0.2) is 18.2 Å². The Morgan fingerprint density at radius 2 is 1.94 bits per heavy atom. The molecule has 2 N–H and O–H groups in total. The number of methoxy groups -OCH3 is 1. The van der Waals surface area contributed by atoms with Crippen molar-refractivity contribution in [2.45, 2.75) is 0 Å². The van der Waals surface area contributed by atoms with Gasteiger partial charge in [-0.15, -0.1) is 0 Å². The van der Waals surface area contributed by atoms with Crippen molar-refractivity contribution in [3.05, 3.63) is 29.3 Å². The van der Waals surface area contributed by atoms with E-state index < -0.39 is 17.8 Å². The van der Waals surface area contributed by atoms with Gasteiger partial charge in [0.25, 0.3) is 11.8 Å². The van der Waals surface area contributed by atoms with Crippen LogP contribution in [-0.2, 0) is 9.53 Å². The van der Waals surface area contributed by atoms with Gasteiger partial charge in [-0.2, -0.15) is 0 Å². The van der Waals surface area contributed by atoms with Crippen LogP contribution in [0.5, 0.6) is 0 Å². The molecule has 0 saturated carbocycles. The van der Waals surface area contributed by atoms with Crippen molar-refractivity contribution in [2.24, 2.45) is 0 Å². The first-order valence-electron chi connectivity index (χ1n) is 4.87. The van der Waals surface area contributed by atoms with Crippen LogP contribution in [0.4, 0.5) is 5.69 Å². The van der Waals surface area contributed by atoms with Crippen molar-refractivity contribution in [1.82, 2.24) is 4.90 Å². The summed E-state index contributed by atoms with van der Waals surface area (Å²) in [5, 5.41) is 0. The van der Waals surface area contributed by atoms with Crippen LogP contribution >= 0.6 is 0 Å². The van der Waals surface area contributed by atoms with Gasteiger partial charge in [0.05, 0.1) is 18.2 Å². The number of hydrogen-bond acceptors (Lipinski definition) is 5. The molecule has 0 fully saturated rings. The van der Waals surface area contributed by atoms with E-state index in [0.29, 0.717) is 5.69 Å². The topological polar surface area (TPSA) is 89.7 Å². The highest BCUT2D eigenvalue weighted by Gasteiger charge is 2.36. The van der Waals surface area contributed by atoms with Crippen LogP contribution in [0.25, 0.3) is 0 Å². The fourth-order valence-corrected chi connectivity index (χ4v) is 1.65. The van der Waals surface area contributed by atoms with E-state index in [2.05, 4.69) is 4.74 Å². The lowest BCUT2D eigenvalue weighted by Gasteiger charge is -2.11. The Morgan fingerprint density at radius 3 is 2.59 bits per heavy atom. The number of nitrogens with zero attached hydrogens (tertiary/aromatic N) is 1. The third kappa shape index (κ3) is 1.73. The van der Waals surface area contributed by atoms with Crippen molar-refractivity contribution >= 4 is 23.5 Å². The minimum Gasteiger partial charge on any atom is -0.468 e. The molecule has 17 heavy (non-hydrogen) atoms. The first kappa shape index (κ1) is 11.1. The highest BCUT2D eigenvalue weighted by Crippen LogP contribution is 2.24. The van der Waals surface area contributed by atoms with E-state index in [1.54, 1.807) is 0 Å². The number of anilines is 1. The highest BCUT2D eigenvalue weighted by molar-refractivity contribution is 6.22. The Labute approximate surface area is 96.9 Å². The fourth-order valence-electron chi connectivity index (χ4n) is 1.65. The number of imide groups is 1. The molecule has 1 aliphatic heterocycles. The number of hydrogen-bond donors (Lipinski definition) is 1. The first-order chi connectivity index (χ1) is 8.04. The van der Waals surface area contributed by atoms with E-state index in [0.717, 1.165) is 4.90 Å². The van der Waals surface area contributed by atoms with E-state index >= 15 is 0 Å². The SMILES string of the molecule is COC(=O)CN1C(=O)c2ccc(N)cc2C1=O. The summed E-state index contributed by atoms with van der Waals surface area (Å²) in [6.07, 6.45) is 0. The molecule has 1 aromatic carbocycles. The lowest BCUT2D eigenvalue weighted by molar-refractivity contribution is -0.140. The standard InChI is InChI=1S/C11H10N2O4/c1-17-9(14)5-13-10(15)7-3-2-6(12)4-8(7)11(13)16/h2-4H,5,12H2,1H3. The lowest BCUT2D eigenvalue weighted by atomic mass is 10.1. The molecule has 2 rings (SSSR count). The van der Waals surface area contributed by atoms with Gasteiger partial charge in [-0.1, -0.05) is 0 Å². The summed E-state index contributed by atoms with van der Waals surface area (Å²) in [4.78, 5) is 35.6. The monoisotopic (exact) mass is 234 g/mol. The molecular weight excluding hydrogens is 224 g/mol. The van der Waals surface area contributed by atoms with Gasteiger partial charge in [-0.3, -0.25) is 19.3 Å². The van der Waals surface area contributed by atoms with Crippen LogP contribution in [0.1, 0.15) is 20.7 Å². The number of carbonyl (C=O) groups is 3. The molecule has 1 heterocycles. The molecule has 0 aromatic heterocycles. The molecular formula is C11H10N2O4. The Kier molecular flexibility index (Phi) is 2.55. The number of benzene rings is 1. The number of rotatable bonds is 2. The Bertz CT molecular complexity index is 524. The smallest absolute Gasteiger partial charge is 0.325 e. The highest BCUT2D eigenvalue weighted by atomic mass is 16.5. The molecule has 88 valence electrons. The molecule has 0 unspecified atom stereocenters. The summed E-state index contributed by atoms with van der Waals surface area (Å²) in [7, 11) is 1.19. The van der Waals surface area contributed by atoms with Crippen molar-refractivity contribution in [1.29, 1.82) is 0 Å². The minimum absolute atomic E-state index is 0.221. The molecule has 6 nitrogen and oxygen atoms in total. The molecule has 1 aliphatic rings. The molecule has 0 atom stereocenters. The van der Waals surface area contributed by atoms with Gasteiger partial charge in [0.2, 0.25) is 0 Å². The van der Waals surface area contributed by atoms with Crippen molar-refractivity contribution in [3.63, 3.8) is 0 Å². The van der Waals surface area contributed by atoms with Gasteiger partial charge < -0.3 is 10.5 Å². The molecule has 0 aliphatic carbocycles. The molecule has 0 spiro atoms. The van der Waals surface area contributed by atoms with E-state index in [9.17, 15) is 14.4 Å². The summed E-state index contributed by atoms with van der Waals surface area (Å²) in [5.41, 5.74) is 6.41. The molecule has 0 saturated heterocycles. The van der Waals surface area contributed by atoms with Crippen LogP contribution in [-0.4, -0.2) is 36.3 Å². The maximum atomic E-state index is 11.9. The molecule has 1 aromatic rings. The van der Waals surface area contributed by atoms with Gasteiger partial charge in [0, 0.05) is 5.69 Å². The maximum Gasteiger partial charge on any atom is 0.325 e. The third-order valence-corrected chi connectivity index (χ3v) is 2.51. The average molecular weight is 234 g/mol. The number of fused-ring (bicyclic) bond motifs is 1. The van der Waals surface area contributed by atoms with E-state index in [1.165, 1.54) is 25.3 Å². The van der Waals surface area contributed by atoms with E-state index in [4.69, 9.17) is 5.73 Å². The van der Waals surface area contributed by atoms with Gasteiger partial charge in [0.15, 0.2) is 0 Å². The van der Waals surface area contributed by atoms with Crippen LogP contribution in [0.3, 0.4) is 0 Å². The zero-order valence-electron chi connectivity index (χ0n) is 9.10. The molecule has 6 heteroatoms. The predicted octanol–water partition coefficient (Wildman–Crippen LogP) is 0.0378. The number of amides is 2.